The van der Waals surface area contributed by atoms with Crippen LogP contribution in [-0.2, 0) is 21.7 Å². The second kappa shape index (κ2) is 10.7. The van der Waals surface area contributed by atoms with Gasteiger partial charge in [-0.05, 0) is 63.5 Å². The molecule has 0 spiro atoms. The van der Waals surface area contributed by atoms with Crippen LogP contribution in [-0.4, -0.2) is 0 Å². The Morgan fingerprint density at radius 1 is 0.500 bits per heavy atom. The molecule has 0 aliphatic rings. The normalized spacial score (nSPS) is 13.1. The smallest absolute Gasteiger partial charge is 0.326 e. The predicted molar refractivity (Wildman–Crippen MR) is 167 cm³/mol. The van der Waals surface area contributed by atoms with E-state index in [1.807, 2.05) is 0 Å². The fourth-order valence-electron chi connectivity index (χ4n) is 4.39. The Morgan fingerprint density at radius 3 is 1.24 bits per heavy atom. The molecular weight excluding hydrogens is 483 g/mol. The molecule has 38 heavy (non-hydrogen) atoms. The topological polar surface area (TPSA) is 18.5 Å². The summed E-state index contributed by atoms with van der Waals surface area (Å²) >= 11 is 0. The van der Waals surface area contributed by atoms with Gasteiger partial charge < -0.3 is 9.05 Å². The highest BCUT2D eigenvalue weighted by atomic mass is 31.2. The molecule has 0 radical (unpaired) electrons. The van der Waals surface area contributed by atoms with Gasteiger partial charge in [-0.2, -0.15) is 0 Å². The van der Waals surface area contributed by atoms with Crippen LogP contribution >= 0.6 is 8.38 Å². The Morgan fingerprint density at radius 2 is 0.895 bits per heavy atom. The molecule has 0 amide bonds. The molecule has 0 unspecified atom stereocenters. The van der Waals surface area contributed by atoms with Crippen LogP contribution in [0.4, 0.5) is 0 Å². The van der Waals surface area contributed by atoms with E-state index in [0.29, 0.717) is 0 Å². The zero-order chi connectivity index (χ0) is 28.7. The van der Waals surface area contributed by atoms with Crippen molar-refractivity contribution in [2.45, 2.75) is 112 Å². The van der Waals surface area contributed by atoms with Gasteiger partial charge in [0.15, 0.2) is 0 Å². The van der Waals surface area contributed by atoms with Gasteiger partial charge in [0.25, 0.3) is 0 Å². The second-order valence-corrected chi connectivity index (χ2v) is 16.0. The minimum Gasteiger partial charge on any atom is -0.435 e. The summed E-state index contributed by atoms with van der Waals surface area (Å²) in [5.41, 5.74) is 6.17. The molecule has 3 aromatic carbocycles. The summed E-state index contributed by atoms with van der Waals surface area (Å²) < 4.78 is 13.8. The van der Waals surface area contributed by atoms with Crippen molar-refractivity contribution in [1.82, 2.24) is 0 Å². The number of aryl methyl sites for hydroxylation is 1. The van der Waals surface area contributed by atoms with E-state index in [4.69, 9.17) is 9.05 Å². The summed E-state index contributed by atoms with van der Waals surface area (Å²) in [5, 5.41) is 1.10. The van der Waals surface area contributed by atoms with Gasteiger partial charge in [-0.3, -0.25) is 0 Å². The highest BCUT2D eigenvalue weighted by molar-refractivity contribution is 7.56. The fourth-order valence-corrected chi connectivity index (χ4v) is 5.87. The molecule has 3 aromatic rings. The van der Waals surface area contributed by atoms with Crippen LogP contribution in [0.2, 0.25) is 0 Å². The van der Waals surface area contributed by atoms with Gasteiger partial charge in [0, 0.05) is 11.1 Å². The Balaban J connectivity index is 2.16. The van der Waals surface area contributed by atoms with Crippen LogP contribution in [0.3, 0.4) is 0 Å². The van der Waals surface area contributed by atoms with Gasteiger partial charge in [0.1, 0.15) is 11.5 Å². The highest BCUT2D eigenvalue weighted by Gasteiger charge is 2.30. The average Bonchev–Trinajstić information content (AvgIpc) is 2.76. The first-order chi connectivity index (χ1) is 17.3. The molecule has 2 nitrogen and oxygen atoms in total. The van der Waals surface area contributed by atoms with Gasteiger partial charge >= 0.3 is 8.38 Å². The van der Waals surface area contributed by atoms with Crippen molar-refractivity contribution >= 4 is 13.7 Å². The van der Waals surface area contributed by atoms with Crippen molar-refractivity contribution in [3.05, 3.63) is 88.5 Å². The third-order valence-electron chi connectivity index (χ3n) is 6.98. The van der Waals surface area contributed by atoms with Gasteiger partial charge in [0.2, 0.25) is 0 Å². The van der Waals surface area contributed by atoms with Gasteiger partial charge in [-0.1, -0.05) is 126 Å². The third-order valence-corrected chi connectivity index (χ3v) is 8.60. The van der Waals surface area contributed by atoms with E-state index in [0.717, 1.165) is 16.8 Å². The minimum absolute atomic E-state index is 0.0617. The average molecular weight is 533 g/mol. The lowest BCUT2D eigenvalue weighted by Crippen LogP contribution is -2.20. The predicted octanol–water partition coefficient (Wildman–Crippen LogP) is 10.3. The molecule has 0 N–H and O–H groups in total. The lowest BCUT2D eigenvalue weighted by atomic mass is 9.80. The molecule has 0 atom stereocenters. The quantitative estimate of drug-likeness (QED) is 0.304. The standard InChI is InChI=1S/C35H49O2P/c1-24-16-14-15-17-31(24)38(36-29-20-18-25(32(2,3)4)22-27(29)34(8,9)10)37-30-21-19-26(33(5,6)7)23-28(30)35(11,12)13/h14-23H,1-13H3. The van der Waals surface area contributed by atoms with Crippen LogP contribution in [0.5, 0.6) is 11.5 Å². The molecule has 0 heterocycles. The zero-order valence-electron chi connectivity index (χ0n) is 26.0. The summed E-state index contributed by atoms with van der Waals surface area (Å²) in [4.78, 5) is 0. The van der Waals surface area contributed by atoms with Crippen LogP contribution < -0.4 is 14.4 Å². The molecule has 0 fully saturated rings. The molecule has 3 heteroatoms. The second-order valence-electron chi connectivity index (χ2n) is 14.6. The highest BCUT2D eigenvalue weighted by Crippen LogP contribution is 2.47. The van der Waals surface area contributed by atoms with Crippen molar-refractivity contribution in [3.8, 4) is 11.5 Å². The largest absolute Gasteiger partial charge is 0.435 e. The lowest BCUT2D eigenvalue weighted by Gasteiger charge is -2.31. The van der Waals surface area contributed by atoms with Crippen molar-refractivity contribution < 1.29 is 9.05 Å². The Labute approximate surface area is 234 Å². The molecular formula is C35H49O2P. The van der Waals surface area contributed by atoms with E-state index in [2.05, 4.69) is 151 Å². The summed E-state index contributed by atoms with van der Waals surface area (Å²) in [6.45, 7) is 29.2. The number of hydrogen-bond donors (Lipinski definition) is 0. The lowest BCUT2D eigenvalue weighted by molar-refractivity contribution is 0.466. The summed E-state index contributed by atoms with van der Waals surface area (Å²) in [5.74, 6) is 1.78. The molecule has 0 saturated heterocycles. The van der Waals surface area contributed by atoms with Crippen LogP contribution in [0.25, 0.3) is 0 Å². The minimum atomic E-state index is -1.43. The van der Waals surface area contributed by atoms with Gasteiger partial charge in [0.05, 0.1) is 5.30 Å². The molecule has 206 valence electrons. The first-order valence-electron chi connectivity index (χ1n) is 13.8. The van der Waals surface area contributed by atoms with Crippen molar-refractivity contribution in [2.75, 3.05) is 0 Å². The van der Waals surface area contributed by atoms with Crippen molar-refractivity contribution in [2.24, 2.45) is 0 Å². The van der Waals surface area contributed by atoms with E-state index in [1.165, 1.54) is 27.8 Å². The Kier molecular flexibility index (Phi) is 8.51. The van der Waals surface area contributed by atoms with Crippen LogP contribution in [0, 0.1) is 6.92 Å². The number of benzene rings is 3. The summed E-state index contributed by atoms with van der Waals surface area (Å²) in [6.07, 6.45) is 0. The van der Waals surface area contributed by atoms with Crippen LogP contribution in [0.15, 0.2) is 60.7 Å². The summed E-state index contributed by atoms with van der Waals surface area (Å²) in [6, 6.07) is 21.8. The third kappa shape index (κ3) is 7.20. The molecule has 0 aromatic heterocycles. The number of hydrogen-bond acceptors (Lipinski definition) is 2. The first-order valence-corrected chi connectivity index (χ1v) is 15.0. The Hall–Kier alpha value is -2.31. The van der Waals surface area contributed by atoms with Crippen LogP contribution in [0.1, 0.15) is 111 Å². The molecule has 3 rings (SSSR count). The summed E-state index contributed by atoms with van der Waals surface area (Å²) in [7, 11) is -1.43. The van der Waals surface area contributed by atoms with Gasteiger partial charge in [-0.15, -0.1) is 0 Å². The van der Waals surface area contributed by atoms with E-state index < -0.39 is 8.38 Å². The maximum Gasteiger partial charge on any atom is 0.326 e. The fraction of sp³-hybridized carbons (Fsp3) is 0.486. The van der Waals surface area contributed by atoms with Gasteiger partial charge in [-0.25, -0.2) is 0 Å². The van der Waals surface area contributed by atoms with E-state index >= 15 is 0 Å². The molecule has 0 aliphatic carbocycles. The Bertz CT molecular complexity index is 1180. The maximum absolute atomic E-state index is 6.92. The van der Waals surface area contributed by atoms with Crippen molar-refractivity contribution in [3.63, 3.8) is 0 Å². The number of rotatable bonds is 5. The zero-order valence-corrected chi connectivity index (χ0v) is 26.9. The van der Waals surface area contributed by atoms with E-state index in [9.17, 15) is 0 Å². The first kappa shape index (κ1) is 30.2. The molecule has 0 saturated carbocycles. The van der Waals surface area contributed by atoms with E-state index in [-0.39, 0.29) is 21.7 Å². The molecule has 0 aliphatic heterocycles. The van der Waals surface area contributed by atoms with E-state index in [1.54, 1.807) is 0 Å². The molecule has 0 bridgehead atoms. The SMILES string of the molecule is Cc1ccccc1P(Oc1ccc(C(C)(C)C)cc1C(C)(C)C)Oc1ccc(C(C)(C)C)cc1C(C)(C)C. The maximum atomic E-state index is 6.92. The van der Waals surface area contributed by atoms with Crippen molar-refractivity contribution in [1.29, 1.82) is 0 Å². The monoisotopic (exact) mass is 532 g/mol.